The second-order valence-electron chi connectivity index (χ2n) is 9.70. The van der Waals surface area contributed by atoms with Crippen LogP contribution in [0.15, 0.2) is 24.3 Å². The van der Waals surface area contributed by atoms with E-state index in [0.29, 0.717) is 63.7 Å². The number of para-hydroxylation sites is 1. The molecular formula is C27H38N4O4. The molecule has 5 rings (SSSR count). The molecule has 8 heteroatoms. The van der Waals surface area contributed by atoms with Crippen molar-refractivity contribution < 1.29 is 19.0 Å². The van der Waals surface area contributed by atoms with Gasteiger partial charge in [0.2, 0.25) is 0 Å². The van der Waals surface area contributed by atoms with Gasteiger partial charge >= 0.3 is 0 Å². The molecule has 1 atom stereocenters. The van der Waals surface area contributed by atoms with Crippen LogP contribution in [0.4, 0.5) is 0 Å². The molecule has 1 amide bonds. The van der Waals surface area contributed by atoms with Crippen LogP contribution in [-0.4, -0.2) is 77.6 Å². The summed E-state index contributed by atoms with van der Waals surface area (Å²) in [4.78, 5) is 18.2. The normalized spacial score (nSPS) is 21.8. The minimum atomic E-state index is 0.0619. The number of amides is 1. The standard InChI is InChI=1S/C27H38N4O4/c1-3-31-24(17-23(28-31)20-10-11-20)27(32)30-13-14-33-15-16-35-26-21(7-5-9-25(26)34-4-2)18-29-12-6-8-22(29)19-30/h5,7,9,17,20,22H,3-4,6,8,10-16,18-19H2,1-2H3/t22-/m0/s1. The van der Waals surface area contributed by atoms with Gasteiger partial charge < -0.3 is 19.1 Å². The summed E-state index contributed by atoms with van der Waals surface area (Å²) in [6.07, 6.45) is 4.56. The van der Waals surface area contributed by atoms with E-state index in [0.717, 1.165) is 48.7 Å². The molecular weight excluding hydrogens is 444 g/mol. The average Bonchev–Trinajstić information content (AvgIpc) is 3.47. The van der Waals surface area contributed by atoms with Crippen LogP contribution in [0.25, 0.3) is 0 Å². The Hall–Kier alpha value is -2.58. The summed E-state index contributed by atoms with van der Waals surface area (Å²) in [7, 11) is 0. The van der Waals surface area contributed by atoms with Crippen molar-refractivity contribution >= 4 is 5.91 Å². The van der Waals surface area contributed by atoms with Gasteiger partial charge in [-0.2, -0.15) is 5.10 Å². The quantitative estimate of drug-likeness (QED) is 0.647. The van der Waals surface area contributed by atoms with E-state index in [-0.39, 0.29) is 5.91 Å². The van der Waals surface area contributed by atoms with Gasteiger partial charge in [0.25, 0.3) is 5.91 Å². The average molecular weight is 483 g/mol. The number of benzene rings is 1. The molecule has 0 unspecified atom stereocenters. The molecule has 0 N–H and O–H groups in total. The van der Waals surface area contributed by atoms with Gasteiger partial charge in [0.15, 0.2) is 11.5 Å². The van der Waals surface area contributed by atoms with E-state index in [9.17, 15) is 4.79 Å². The molecule has 3 heterocycles. The second kappa shape index (κ2) is 11.0. The minimum Gasteiger partial charge on any atom is -0.490 e. The molecule has 2 aromatic rings. The molecule has 0 radical (unpaired) electrons. The van der Waals surface area contributed by atoms with E-state index in [1.807, 2.05) is 34.7 Å². The summed E-state index contributed by atoms with van der Waals surface area (Å²) in [6, 6.07) is 8.44. The number of hydrogen-bond donors (Lipinski definition) is 0. The second-order valence-corrected chi connectivity index (χ2v) is 9.70. The maximum absolute atomic E-state index is 13.8. The summed E-state index contributed by atoms with van der Waals surface area (Å²) in [5.41, 5.74) is 2.90. The van der Waals surface area contributed by atoms with Crippen LogP contribution in [0.5, 0.6) is 11.5 Å². The Labute approximate surface area is 208 Å². The smallest absolute Gasteiger partial charge is 0.272 e. The lowest BCUT2D eigenvalue weighted by Crippen LogP contribution is -2.44. The Balaban J connectivity index is 1.39. The highest BCUT2D eigenvalue weighted by Gasteiger charge is 2.33. The molecule has 1 saturated carbocycles. The number of fused-ring (bicyclic) bond motifs is 2. The van der Waals surface area contributed by atoms with E-state index >= 15 is 0 Å². The Bertz CT molecular complexity index is 1020. The van der Waals surface area contributed by atoms with Crippen molar-refractivity contribution in [1.29, 1.82) is 0 Å². The van der Waals surface area contributed by atoms with Crippen molar-refractivity contribution in [3.63, 3.8) is 0 Å². The van der Waals surface area contributed by atoms with Gasteiger partial charge in [0, 0.05) is 43.7 Å². The number of rotatable bonds is 5. The van der Waals surface area contributed by atoms with Gasteiger partial charge in [0.1, 0.15) is 12.3 Å². The Morgan fingerprint density at radius 1 is 1.14 bits per heavy atom. The fourth-order valence-electron chi connectivity index (χ4n) is 5.25. The summed E-state index contributed by atoms with van der Waals surface area (Å²) in [5, 5.41) is 4.74. The first-order chi connectivity index (χ1) is 17.2. The monoisotopic (exact) mass is 482 g/mol. The van der Waals surface area contributed by atoms with E-state index in [2.05, 4.69) is 17.9 Å². The van der Waals surface area contributed by atoms with E-state index in [4.69, 9.17) is 19.3 Å². The summed E-state index contributed by atoms with van der Waals surface area (Å²) < 4.78 is 19.8. The number of nitrogens with zero attached hydrogens (tertiary/aromatic N) is 4. The molecule has 0 spiro atoms. The van der Waals surface area contributed by atoms with Crippen LogP contribution < -0.4 is 9.47 Å². The zero-order chi connectivity index (χ0) is 24.2. The van der Waals surface area contributed by atoms with Crippen LogP contribution in [0.2, 0.25) is 0 Å². The van der Waals surface area contributed by atoms with Crippen molar-refractivity contribution in [3.8, 4) is 11.5 Å². The lowest BCUT2D eigenvalue weighted by Gasteiger charge is -2.31. The third kappa shape index (κ3) is 5.48. The van der Waals surface area contributed by atoms with Crippen LogP contribution in [0, 0.1) is 0 Å². The lowest BCUT2D eigenvalue weighted by atomic mass is 10.1. The lowest BCUT2D eigenvalue weighted by molar-refractivity contribution is 0.0529. The molecule has 2 fully saturated rings. The first-order valence-electron chi connectivity index (χ1n) is 13.2. The number of ether oxygens (including phenoxy) is 3. The number of carbonyl (C=O) groups is 1. The fourth-order valence-corrected chi connectivity index (χ4v) is 5.25. The molecule has 35 heavy (non-hydrogen) atoms. The predicted molar refractivity (Wildman–Crippen MR) is 133 cm³/mol. The summed E-state index contributed by atoms with van der Waals surface area (Å²) in [6.45, 7) is 9.78. The van der Waals surface area contributed by atoms with Gasteiger partial charge in [-0.05, 0) is 58.2 Å². The van der Waals surface area contributed by atoms with Crippen molar-refractivity contribution in [2.75, 3.05) is 46.1 Å². The molecule has 2 aliphatic heterocycles. The maximum Gasteiger partial charge on any atom is 0.272 e. The van der Waals surface area contributed by atoms with Crippen LogP contribution in [-0.2, 0) is 17.8 Å². The topological polar surface area (TPSA) is 69.1 Å². The van der Waals surface area contributed by atoms with Crippen LogP contribution >= 0.6 is 0 Å². The predicted octanol–water partition coefficient (Wildman–Crippen LogP) is 3.69. The maximum atomic E-state index is 13.8. The molecule has 8 nitrogen and oxygen atoms in total. The molecule has 0 bridgehead atoms. The van der Waals surface area contributed by atoms with Crippen molar-refractivity contribution in [3.05, 3.63) is 41.2 Å². The number of carbonyl (C=O) groups excluding carboxylic acids is 1. The van der Waals surface area contributed by atoms with E-state index < -0.39 is 0 Å². The number of hydrogen-bond acceptors (Lipinski definition) is 6. The van der Waals surface area contributed by atoms with Crippen LogP contribution in [0.3, 0.4) is 0 Å². The summed E-state index contributed by atoms with van der Waals surface area (Å²) >= 11 is 0. The van der Waals surface area contributed by atoms with Crippen molar-refractivity contribution in [1.82, 2.24) is 19.6 Å². The Kier molecular flexibility index (Phi) is 7.58. The fraction of sp³-hybridized carbons (Fsp3) is 0.630. The number of aryl methyl sites for hydroxylation is 1. The zero-order valence-corrected chi connectivity index (χ0v) is 21.1. The first-order valence-corrected chi connectivity index (χ1v) is 13.2. The Morgan fingerprint density at radius 2 is 2.03 bits per heavy atom. The highest BCUT2D eigenvalue weighted by Crippen LogP contribution is 2.39. The van der Waals surface area contributed by atoms with E-state index in [1.165, 1.54) is 12.8 Å². The molecule has 190 valence electrons. The van der Waals surface area contributed by atoms with Crippen molar-refractivity contribution in [2.24, 2.45) is 0 Å². The Morgan fingerprint density at radius 3 is 2.83 bits per heavy atom. The molecule has 1 aromatic carbocycles. The molecule has 3 aliphatic rings. The summed E-state index contributed by atoms with van der Waals surface area (Å²) in [5.74, 6) is 2.19. The third-order valence-corrected chi connectivity index (χ3v) is 7.24. The van der Waals surface area contributed by atoms with Crippen LogP contribution in [0.1, 0.15) is 67.2 Å². The van der Waals surface area contributed by atoms with Gasteiger partial charge in [-0.3, -0.25) is 14.4 Å². The van der Waals surface area contributed by atoms with Gasteiger partial charge in [0.05, 0.1) is 25.5 Å². The largest absolute Gasteiger partial charge is 0.490 e. The van der Waals surface area contributed by atoms with Gasteiger partial charge in [-0.25, -0.2) is 0 Å². The molecule has 1 aliphatic carbocycles. The van der Waals surface area contributed by atoms with Gasteiger partial charge in [-0.1, -0.05) is 12.1 Å². The minimum absolute atomic E-state index is 0.0619. The SMILES string of the molecule is CCOc1cccc2c1OCCOCCN(C(=O)c1cc(C3CC3)nn1CC)C[C@@H]1CCCN1C2. The molecule has 1 aromatic heterocycles. The first kappa shape index (κ1) is 24.1. The van der Waals surface area contributed by atoms with E-state index in [1.54, 1.807) is 0 Å². The van der Waals surface area contributed by atoms with Gasteiger partial charge in [-0.15, -0.1) is 0 Å². The molecule has 1 saturated heterocycles. The zero-order valence-electron chi connectivity index (χ0n) is 21.1. The highest BCUT2D eigenvalue weighted by molar-refractivity contribution is 5.92. The third-order valence-electron chi connectivity index (χ3n) is 7.24. The van der Waals surface area contributed by atoms with Crippen molar-refractivity contribution in [2.45, 2.75) is 64.6 Å². The highest BCUT2D eigenvalue weighted by atomic mass is 16.5. The number of aromatic nitrogens is 2.